The number of phenolic OH excluding ortho intramolecular Hbond substituents is 1. The number of carbonyl (C=O) groups is 1. The molecule has 0 unspecified atom stereocenters. The van der Waals surface area contributed by atoms with Crippen molar-refractivity contribution in [3.63, 3.8) is 0 Å². The lowest BCUT2D eigenvalue weighted by Gasteiger charge is -2.25. The summed E-state index contributed by atoms with van der Waals surface area (Å²) in [6.07, 6.45) is 4.02. The first-order valence-electron chi connectivity index (χ1n) is 5.79. The van der Waals surface area contributed by atoms with Gasteiger partial charge in [0.15, 0.2) is 0 Å². The maximum Gasteiger partial charge on any atom is 0.224 e. The number of nitrogens with one attached hydrogen (secondary N) is 1. The van der Waals surface area contributed by atoms with Gasteiger partial charge in [-0.25, -0.2) is 0 Å². The van der Waals surface area contributed by atoms with Crippen molar-refractivity contribution in [2.24, 2.45) is 5.92 Å². The smallest absolute Gasteiger partial charge is 0.224 e. The lowest BCUT2D eigenvalue weighted by Crippen LogP contribution is -2.33. The zero-order valence-electron chi connectivity index (χ0n) is 9.28. The van der Waals surface area contributed by atoms with Crippen molar-refractivity contribution in [2.75, 3.05) is 6.54 Å². The SMILES string of the molecule is O=C(Cc1ccccc1O)NCC1CCC1. The highest BCUT2D eigenvalue weighted by Crippen LogP contribution is 2.25. The van der Waals surface area contributed by atoms with Gasteiger partial charge < -0.3 is 10.4 Å². The number of phenols is 1. The number of hydrogen-bond donors (Lipinski definition) is 2. The summed E-state index contributed by atoms with van der Waals surface area (Å²) in [5.41, 5.74) is 0.689. The normalized spacial score (nSPS) is 15.5. The predicted octanol–water partition coefficient (Wildman–Crippen LogP) is 1.85. The van der Waals surface area contributed by atoms with Gasteiger partial charge in [0.1, 0.15) is 5.75 Å². The molecular weight excluding hydrogens is 202 g/mol. The average Bonchev–Trinajstić information content (AvgIpc) is 2.19. The first kappa shape index (κ1) is 11.0. The molecule has 86 valence electrons. The molecule has 3 nitrogen and oxygen atoms in total. The van der Waals surface area contributed by atoms with E-state index in [9.17, 15) is 9.90 Å². The van der Waals surface area contributed by atoms with Gasteiger partial charge in [-0.05, 0) is 24.8 Å². The van der Waals surface area contributed by atoms with Gasteiger partial charge in [-0.3, -0.25) is 4.79 Å². The number of benzene rings is 1. The van der Waals surface area contributed by atoms with Crippen molar-refractivity contribution >= 4 is 5.91 Å². The summed E-state index contributed by atoms with van der Waals surface area (Å²) in [4.78, 5) is 11.6. The fraction of sp³-hybridized carbons (Fsp3) is 0.462. The van der Waals surface area contributed by atoms with E-state index in [2.05, 4.69) is 5.32 Å². The molecular formula is C13H17NO2. The zero-order valence-corrected chi connectivity index (χ0v) is 9.28. The first-order valence-corrected chi connectivity index (χ1v) is 5.79. The minimum Gasteiger partial charge on any atom is -0.508 e. The summed E-state index contributed by atoms with van der Waals surface area (Å²) in [6, 6.07) is 6.96. The average molecular weight is 219 g/mol. The molecule has 1 aliphatic carbocycles. The Balaban J connectivity index is 1.80. The van der Waals surface area contributed by atoms with E-state index in [4.69, 9.17) is 0 Å². The largest absolute Gasteiger partial charge is 0.508 e. The molecule has 1 aliphatic rings. The quantitative estimate of drug-likeness (QED) is 0.812. The number of aromatic hydroxyl groups is 1. The van der Waals surface area contributed by atoms with E-state index in [1.807, 2.05) is 6.07 Å². The number of amides is 1. The number of rotatable bonds is 4. The van der Waals surface area contributed by atoms with Crippen LogP contribution >= 0.6 is 0 Å². The maximum absolute atomic E-state index is 11.6. The fourth-order valence-electron chi connectivity index (χ4n) is 1.85. The number of hydrogen-bond acceptors (Lipinski definition) is 2. The van der Waals surface area contributed by atoms with Gasteiger partial charge in [0.2, 0.25) is 5.91 Å². The summed E-state index contributed by atoms with van der Waals surface area (Å²) in [5.74, 6) is 0.864. The highest BCUT2D eigenvalue weighted by Gasteiger charge is 2.18. The van der Waals surface area contributed by atoms with Crippen molar-refractivity contribution in [3.8, 4) is 5.75 Å². The van der Waals surface area contributed by atoms with Crippen LogP contribution in [0, 0.1) is 5.92 Å². The van der Waals surface area contributed by atoms with Gasteiger partial charge in [0.05, 0.1) is 6.42 Å². The molecule has 0 bridgehead atoms. The third kappa shape index (κ3) is 2.75. The molecule has 0 heterocycles. The van der Waals surface area contributed by atoms with E-state index >= 15 is 0 Å². The molecule has 0 spiro atoms. The van der Waals surface area contributed by atoms with Crippen LogP contribution in [0.2, 0.25) is 0 Å². The van der Waals surface area contributed by atoms with Crippen LogP contribution in [0.4, 0.5) is 0 Å². The standard InChI is InChI=1S/C13H17NO2/c15-12-7-2-1-6-11(12)8-13(16)14-9-10-4-3-5-10/h1-2,6-7,10,15H,3-5,8-9H2,(H,14,16). The fourth-order valence-corrected chi connectivity index (χ4v) is 1.85. The molecule has 2 rings (SSSR count). The summed E-state index contributed by atoms with van der Waals surface area (Å²) in [5, 5.41) is 12.4. The molecule has 3 heteroatoms. The molecule has 1 aromatic carbocycles. The summed E-state index contributed by atoms with van der Waals surface area (Å²) in [7, 11) is 0. The Morgan fingerprint density at radius 2 is 2.12 bits per heavy atom. The molecule has 1 aromatic rings. The molecule has 0 aromatic heterocycles. The van der Waals surface area contributed by atoms with E-state index in [0.29, 0.717) is 11.5 Å². The monoisotopic (exact) mass is 219 g/mol. The second-order valence-corrected chi connectivity index (χ2v) is 4.41. The van der Waals surface area contributed by atoms with Crippen LogP contribution in [0.15, 0.2) is 24.3 Å². The van der Waals surface area contributed by atoms with Crippen LogP contribution in [0.5, 0.6) is 5.75 Å². The molecule has 1 fully saturated rings. The first-order chi connectivity index (χ1) is 7.75. The van der Waals surface area contributed by atoms with Crippen LogP contribution < -0.4 is 5.32 Å². The van der Waals surface area contributed by atoms with E-state index in [1.165, 1.54) is 19.3 Å². The molecule has 0 radical (unpaired) electrons. The molecule has 1 amide bonds. The van der Waals surface area contributed by atoms with Gasteiger partial charge in [0.25, 0.3) is 0 Å². The topological polar surface area (TPSA) is 49.3 Å². The molecule has 0 atom stereocenters. The molecule has 0 saturated heterocycles. The molecule has 16 heavy (non-hydrogen) atoms. The minimum atomic E-state index is -0.00611. The summed E-state index contributed by atoms with van der Waals surface area (Å²) >= 11 is 0. The Morgan fingerprint density at radius 1 is 1.38 bits per heavy atom. The second kappa shape index (κ2) is 5.01. The van der Waals surface area contributed by atoms with Crippen LogP contribution in [0.25, 0.3) is 0 Å². The van der Waals surface area contributed by atoms with E-state index in [1.54, 1.807) is 18.2 Å². The Hall–Kier alpha value is -1.51. The van der Waals surface area contributed by atoms with Gasteiger partial charge >= 0.3 is 0 Å². The van der Waals surface area contributed by atoms with Crippen molar-refractivity contribution < 1.29 is 9.90 Å². The van der Waals surface area contributed by atoms with Crippen molar-refractivity contribution in [3.05, 3.63) is 29.8 Å². The Morgan fingerprint density at radius 3 is 2.75 bits per heavy atom. The number of carbonyl (C=O) groups excluding carboxylic acids is 1. The van der Waals surface area contributed by atoms with E-state index in [0.717, 1.165) is 6.54 Å². The highest BCUT2D eigenvalue weighted by atomic mass is 16.3. The van der Waals surface area contributed by atoms with E-state index in [-0.39, 0.29) is 18.1 Å². The molecule has 0 aliphatic heterocycles. The van der Waals surface area contributed by atoms with Crippen molar-refractivity contribution in [1.29, 1.82) is 0 Å². The lowest BCUT2D eigenvalue weighted by molar-refractivity contribution is -0.120. The number of para-hydroxylation sites is 1. The van der Waals surface area contributed by atoms with Gasteiger partial charge in [-0.2, -0.15) is 0 Å². The Bertz CT molecular complexity index is 372. The maximum atomic E-state index is 11.6. The minimum absolute atomic E-state index is 0.00611. The van der Waals surface area contributed by atoms with Crippen molar-refractivity contribution in [2.45, 2.75) is 25.7 Å². The predicted molar refractivity (Wildman–Crippen MR) is 62.2 cm³/mol. The van der Waals surface area contributed by atoms with Crippen LogP contribution in [-0.2, 0) is 11.2 Å². The van der Waals surface area contributed by atoms with Gasteiger partial charge in [-0.15, -0.1) is 0 Å². The summed E-state index contributed by atoms with van der Waals surface area (Å²) in [6.45, 7) is 0.784. The van der Waals surface area contributed by atoms with Crippen LogP contribution in [0.3, 0.4) is 0 Å². The van der Waals surface area contributed by atoms with E-state index < -0.39 is 0 Å². The second-order valence-electron chi connectivity index (χ2n) is 4.41. The molecule has 1 saturated carbocycles. The highest BCUT2D eigenvalue weighted by molar-refractivity contribution is 5.79. The molecule has 2 N–H and O–H groups in total. The lowest BCUT2D eigenvalue weighted by atomic mass is 9.85. The summed E-state index contributed by atoms with van der Waals surface area (Å²) < 4.78 is 0. The third-order valence-corrected chi connectivity index (χ3v) is 3.16. The Kier molecular flexibility index (Phi) is 3.44. The third-order valence-electron chi connectivity index (χ3n) is 3.16. The Labute approximate surface area is 95.5 Å². The van der Waals surface area contributed by atoms with Crippen LogP contribution in [0.1, 0.15) is 24.8 Å². The van der Waals surface area contributed by atoms with Gasteiger partial charge in [-0.1, -0.05) is 24.6 Å². The zero-order chi connectivity index (χ0) is 11.4. The van der Waals surface area contributed by atoms with Crippen molar-refractivity contribution in [1.82, 2.24) is 5.32 Å². The van der Waals surface area contributed by atoms with Crippen LogP contribution in [-0.4, -0.2) is 17.6 Å². The van der Waals surface area contributed by atoms with Gasteiger partial charge in [0, 0.05) is 12.1 Å².